The summed E-state index contributed by atoms with van der Waals surface area (Å²) in [6.07, 6.45) is 1.79. The van der Waals surface area contributed by atoms with E-state index in [0.717, 1.165) is 25.9 Å². The van der Waals surface area contributed by atoms with Crippen LogP contribution in [0.3, 0.4) is 0 Å². The van der Waals surface area contributed by atoms with Gasteiger partial charge in [0.25, 0.3) is 5.91 Å². The number of carbonyl (C=O) groups excluding carboxylic acids is 1. The molecule has 1 aromatic rings. The van der Waals surface area contributed by atoms with E-state index in [1.54, 1.807) is 0 Å². The number of nitrogens with zero attached hydrogens (tertiary/aromatic N) is 2. The van der Waals surface area contributed by atoms with Gasteiger partial charge in [0, 0.05) is 19.1 Å². The molecule has 1 unspecified atom stereocenters. The molecule has 2 N–H and O–H groups in total. The fraction of sp³-hybridized carbons (Fsp3) is 0.533. The molecule has 1 aliphatic rings. The van der Waals surface area contributed by atoms with Crippen LogP contribution in [0.4, 0.5) is 0 Å². The average molecular weight is 278 g/mol. The fourth-order valence-corrected chi connectivity index (χ4v) is 2.71. The maximum Gasteiger partial charge on any atom is 0.258 e. The van der Waals surface area contributed by atoms with E-state index in [4.69, 9.17) is 0 Å². The Bertz CT molecular complexity index is 490. The van der Waals surface area contributed by atoms with Crippen LogP contribution in [-0.2, 0) is 0 Å². The molecule has 1 amide bonds. The lowest BCUT2D eigenvalue weighted by molar-refractivity contribution is 0.0672. The average Bonchev–Trinajstić information content (AvgIpc) is 2.62. The molecule has 5 nitrogen and oxygen atoms in total. The van der Waals surface area contributed by atoms with Gasteiger partial charge in [-0.2, -0.15) is 0 Å². The normalized spacial score (nSPS) is 20.7. The van der Waals surface area contributed by atoms with Gasteiger partial charge in [-0.25, -0.2) is 0 Å². The fourth-order valence-electron chi connectivity index (χ4n) is 2.71. The first-order valence-corrected chi connectivity index (χ1v) is 7.04. The third kappa shape index (κ3) is 3.04. The number of likely N-dealkylation sites (N-methyl/N-ethyl adjacent to an activating group) is 1. The Balaban J connectivity index is 2.27. The van der Waals surface area contributed by atoms with Crippen molar-refractivity contribution in [3.63, 3.8) is 0 Å². The van der Waals surface area contributed by atoms with Crippen LogP contribution in [0.2, 0.25) is 0 Å². The summed E-state index contributed by atoms with van der Waals surface area (Å²) in [4.78, 5) is 16.7. The molecule has 0 bridgehead atoms. The van der Waals surface area contributed by atoms with E-state index in [-0.39, 0.29) is 29.0 Å². The van der Waals surface area contributed by atoms with Crippen LogP contribution in [0.15, 0.2) is 18.2 Å². The first-order valence-electron chi connectivity index (χ1n) is 7.04. The van der Waals surface area contributed by atoms with Crippen LogP contribution in [0.1, 0.15) is 30.1 Å². The summed E-state index contributed by atoms with van der Waals surface area (Å²) in [5.74, 6) is -0.299. The Morgan fingerprint density at radius 3 is 2.80 bits per heavy atom. The first-order chi connectivity index (χ1) is 9.52. The van der Waals surface area contributed by atoms with Crippen molar-refractivity contribution in [3.05, 3.63) is 23.8 Å². The molecule has 0 aliphatic carbocycles. The van der Waals surface area contributed by atoms with Crippen molar-refractivity contribution in [1.29, 1.82) is 0 Å². The van der Waals surface area contributed by atoms with Crippen molar-refractivity contribution in [2.75, 3.05) is 26.7 Å². The summed E-state index contributed by atoms with van der Waals surface area (Å²) >= 11 is 0. The highest BCUT2D eigenvalue weighted by Gasteiger charge is 2.28. The van der Waals surface area contributed by atoms with Gasteiger partial charge in [0.15, 0.2) is 0 Å². The van der Waals surface area contributed by atoms with Crippen LogP contribution >= 0.6 is 0 Å². The molecule has 1 aromatic carbocycles. The molecule has 110 valence electrons. The van der Waals surface area contributed by atoms with Gasteiger partial charge < -0.3 is 20.0 Å². The highest BCUT2D eigenvalue weighted by Crippen LogP contribution is 2.25. The van der Waals surface area contributed by atoms with E-state index in [9.17, 15) is 15.0 Å². The number of aromatic hydroxyl groups is 2. The van der Waals surface area contributed by atoms with E-state index in [0.29, 0.717) is 6.54 Å². The van der Waals surface area contributed by atoms with Crippen LogP contribution in [0, 0.1) is 0 Å². The predicted molar refractivity (Wildman–Crippen MR) is 77.0 cm³/mol. The van der Waals surface area contributed by atoms with Gasteiger partial charge in [-0.15, -0.1) is 0 Å². The third-order valence-corrected chi connectivity index (χ3v) is 3.84. The van der Waals surface area contributed by atoms with Gasteiger partial charge in [0.05, 0.1) is 5.56 Å². The smallest absolute Gasteiger partial charge is 0.258 e. The molecular formula is C15H22N2O3. The summed E-state index contributed by atoms with van der Waals surface area (Å²) in [6.45, 7) is 4.54. The van der Waals surface area contributed by atoms with Gasteiger partial charge in [-0.3, -0.25) is 4.79 Å². The zero-order valence-electron chi connectivity index (χ0n) is 12.0. The van der Waals surface area contributed by atoms with Crippen molar-refractivity contribution < 1.29 is 15.0 Å². The zero-order valence-corrected chi connectivity index (χ0v) is 12.0. The first kappa shape index (κ1) is 14.7. The number of hydrogen-bond acceptors (Lipinski definition) is 4. The van der Waals surface area contributed by atoms with E-state index in [1.165, 1.54) is 18.2 Å². The summed E-state index contributed by atoms with van der Waals surface area (Å²) in [7, 11) is 2.06. The molecule has 1 heterocycles. The number of phenols is 2. The molecule has 20 heavy (non-hydrogen) atoms. The van der Waals surface area contributed by atoms with E-state index in [1.807, 2.05) is 4.90 Å². The van der Waals surface area contributed by atoms with Crippen LogP contribution in [-0.4, -0.2) is 58.6 Å². The second-order valence-electron chi connectivity index (χ2n) is 5.38. The molecule has 5 heteroatoms. The van der Waals surface area contributed by atoms with Crippen molar-refractivity contribution in [2.24, 2.45) is 0 Å². The van der Waals surface area contributed by atoms with Gasteiger partial charge >= 0.3 is 0 Å². The summed E-state index contributed by atoms with van der Waals surface area (Å²) in [5, 5.41) is 19.4. The largest absolute Gasteiger partial charge is 0.508 e. The molecule has 2 rings (SSSR count). The Kier molecular flexibility index (Phi) is 4.49. The quantitative estimate of drug-likeness (QED) is 0.808. The van der Waals surface area contributed by atoms with Crippen molar-refractivity contribution in [1.82, 2.24) is 9.80 Å². The lowest BCUT2D eigenvalue weighted by Gasteiger charge is -2.30. The maximum absolute atomic E-state index is 12.6. The Morgan fingerprint density at radius 1 is 1.35 bits per heavy atom. The highest BCUT2D eigenvalue weighted by atomic mass is 16.3. The number of rotatable bonds is 2. The van der Waals surface area contributed by atoms with Crippen molar-refractivity contribution in [2.45, 2.75) is 25.8 Å². The van der Waals surface area contributed by atoms with E-state index in [2.05, 4.69) is 18.9 Å². The van der Waals surface area contributed by atoms with Crippen LogP contribution in [0.25, 0.3) is 0 Å². The summed E-state index contributed by atoms with van der Waals surface area (Å²) in [5.41, 5.74) is 0.174. The van der Waals surface area contributed by atoms with E-state index >= 15 is 0 Å². The monoisotopic (exact) mass is 278 g/mol. The van der Waals surface area contributed by atoms with Crippen LogP contribution < -0.4 is 0 Å². The molecule has 1 fully saturated rings. The minimum absolute atomic E-state index is 0.00821. The minimum Gasteiger partial charge on any atom is -0.508 e. The van der Waals surface area contributed by atoms with Gasteiger partial charge in [-0.05, 0) is 44.6 Å². The Labute approximate surface area is 119 Å². The zero-order chi connectivity index (χ0) is 14.7. The van der Waals surface area contributed by atoms with Gasteiger partial charge in [0.2, 0.25) is 0 Å². The summed E-state index contributed by atoms with van der Waals surface area (Å²) < 4.78 is 0. The Hall–Kier alpha value is -1.75. The molecule has 0 aromatic heterocycles. The third-order valence-electron chi connectivity index (χ3n) is 3.84. The second kappa shape index (κ2) is 6.13. The van der Waals surface area contributed by atoms with Gasteiger partial charge in [0.1, 0.15) is 11.5 Å². The number of benzene rings is 1. The molecule has 0 spiro atoms. The number of amides is 1. The minimum atomic E-state index is -0.208. The molecular weight excluding hydrogens is 256 g/mol. The number of hydrogen-bond donors (Lipinski definition) is 2. The standard InChI is InChI=1S/C15H22N2O3/c1-3-11-10-16(2)7-4-8-17(11)15(20)13-9-12(18)5-6-14(13)19/h5-6,9,11,18-19H,3-4,7-8,10H2,1-2H3. The molecule has 1 aliphatic heterocycles. The van der Waals surface area contributed by atoms with Gasteiger partial charge in [-0.1, -0.05) is 6.92 Å². The lowest BCUT2D eigenvalue weighted by atomic mass is 10.1. The highest BCUT2D eigenvalue weighted by molar-refractivity contribution is 5.97. The lowest BCUT2D eigenvalue weighted by Crippen LogP contribution is -2.43. The number of phenolic OH excluding ortho intramolecular Hbond substituents is 2. The van der Waals surface area contributed by atoms with Crippen LogP contribution in [0.5, 0.6) is 11.5 Å². The topological polar surface area (TPSA) is 64.0 Å². The van der Waals surface area contributed by atoms with Crippen molar-refractivity contribution >= 4 is 5.91 Å². The number of carbonyl (C=O) groups is 1. The predicted octanol–water partition coefficient (Wildman–Crippen LogP) is 1.65. The SMILES string of the molecule is CCC1CN(C)CCCN1C(=O)c1cc(O)ccc1O. The van der Waals surface area contributed by atoms with Crippen molar-refractivity contribution in [3.8, 4) is 11.5 Å². The Morgan fingerprint density at radius 2 is 2.10 bits per heavy atom. The maximum atomic E-state index is 12.6. The second-order valence-corrected chi connectivity index (χ2v) is 5.38. The molecule has 0 saturated carbocycles. The summed E-state index contributed by atoms with van der Waals surface area (Å²) in [6, 6.07) is 4.20. The molecule has 1 saturated heterocycles. The molecule has 1 atom stereocenters. The van der Waals surface area contributed by atoms with E-state index < -0.39 is 0 Å². The molecule has 0 radical (unpaired) electrons.